The van der Waals surface area contributed by atoms with E-state index >= 15 is 0 Å². The molecule has 180 valence electrons. The molecule has 1 aromatic heterocycles. The number of aromatic nitrogens is 1. The lowest BCUT2D eigenvalue weighted by molar-refractivity contribution is -0.138. The summed E-state index contributed by atoms with van der Waals surface area (Å²) in [4.78, 5) is 16.6. The molecular formula is C21H24F3N3O5S. The average Bonchev–Trinajstić information content (AvgIpc) is 2.72. The molecule has 8 nitrogen and oxygen atoms in total. The van der Waals surface area contributed by atoms with E-state index < -0.39 is 39.8 Å². The third kappa shape index (κ3) is 5.22. The molecule has 12 heteroatoms. The van der Waals surface area contributed by atoms with E-state index in [1.807, 2.05) is 0 Å². The van der Waals surface area contributed by atoms with Crippen LogP contribution in [-0.2, 0) is 27.4 Å². The number of sulfonamides is 1. The predicted octanol–water partition coefficient (Wildman–Crippen LogP) is 3.02. The fourth-order valence-corrected chi connectivity index (χ4v) is 6.04. The number of rotatable bonds is 6. The minimum absolute atomic E-state index is 0.0929. The van der Waals surface area contributed by atoms with Gasteiger partial charge in [-0.3, -0.25) is 4.79 Å². The van der Waals surface area contributed by atoms with Gasteiger partial charge >= 0.3 is 12.1 Å². The van der Waals surface area contributed by atoms with Gasteiger partial charge in [-0.25, -0.2) is 13.4 Å². The molecule has 1 aromatic carbocycles. The topological polar surface area (TPSA) is 100 Å². The maximum atomic E-state index is 13.6. The van der Waals surface area contributed by atoms with Crippen LogP contribution in [0.2, 0.25) is 0 Å². The molecule has 33 heavy (non-hydrogen) atoms. The summed E-state index contributed by atoms with van der Waals surface area (Å²) in [5.41, 5.74) is -0.545. The van der Waals surface area contributed by atoms with Crippen molar-refractivity contribution in [3.63, 3.8) is 0 Å². The van der Waals surface area contributed by atoms with Crippen molar-refractivity contribution in [3.8, 4) is 5.75 Å². The average molecular weight is 488 g/mol. The van der Waals surface area contributed by atoms with Gasteiger partial charge in [0.05, 0.1) is 19.1 Å². The summed E-state index contributed by atoms with van der Waals surface area (Å²) in [5, 5.41) is 9.05. The zero-order valence-electron chi connectivity index (χ0n) is 18.2. The Balaban J connectivity index is 1.89. The monoisotopic (exact) mass is 487 g/mol. The zero-order chi connectivity index (χ0) is 24.6. The van der Waals surface area contributed by atoms with Crippen LogP contribution in [0.4, 0.5) is 19.0 Å². The SMILES string of the molecule is COc1ccc(CC(=O)O)cc1S(=O)(=O)N1[C@H](C)CN(c2ccc(C(F)(F)F)cn2)C[C@@H]1C. The van der Waals surface area contributed by atoms with Crippen molar-refractivity contribution < 1.29 is 36.2 Å². The highest BCUT2D eigenvalue weighted by Gasteiger charge is 2.40. The highest BCUT2D eigenvalue weighted by Crippen LogP contribution is 2.34. The highest BCUT2D eigenvalue weighted by molar-refractivity contribution is 7.89. The van der Waals surface area contributed by atoms with Gasteiger partial charge in [-0.1, -0.05) is 6.07 Å². The summed E-state index contributed by atoms with van der Waals surface area (Å²) in [6.45, 7) is 3.80. The number of aliphatic carboxylic acids is 1. The number of hydrogen-bond acceptors (Lipinski definition) is 6. The first-order chi connectivity index (χ1) is 15.3. The number of pyridine rings is 1. The van der Waals surface area contributed by atoms with E-state index in [0.717, 1.165) is 12.3 Å². The molecule has 1 saturated heterocycles. The zero-order valence-corrected chi connectivity index (χ0v) is 19.0. The molecule has 0 radical (unpaired) electrons. The van der Waals surface area contributed by atoms with Gasteiger partial charge in [0, 0.05) is 31.4 Å². The van der Waals surface area contributed by atoms with Gasteiger partial charge in [0.2, 0.25) is 10.0 Å². The lowest BCUT2D eigenvalue weighted by Gasteiger charge is -2.44. The van der Waals surface area contributed by atoms with Gasteiger partial charge in [-0.15, -0.1) is 0 Å². The van der Waals surface area contributed by atoms with Gasteiger partial charge in [0.1, 0.15) is 16.5 Å². The van der Waals surface area contributed by atoms with Crippen LogP contribution in [0.15, 0.2) is 41.4 Å². The number of hydrogen-bond donors (Lipinski definition) is 1. The number of carboxylic acids is 1. The Labute approximate surface area is 189 Å². The third-order valence-corrected chi connectivity index (χ3v) is 7.53. The lowest BCUT2D eigenvalue weighted by atomic mass is 10.1. The van der Waals surface area contributed by atoms with Crippen LogP contribution in [0.3, 0.4) is 0 Å². The molecule has 1 aliphatic rings. The lowest BCUT2D eigenvalue weighted by Crippen LogP contribution is -2.58. The minimum Gasteiger partial charge on any atom is -0.495 e. The first-order valence-corrected chi connectivity index (χ1v) is 11.5. The number of nitrogens with zero attached hydrogens (tertiary/aromatic N) is 3. The van der Waals surface area contributed by atoms with E-state index in [1.54, 1.807) is 18.7 Å². The minimum atomic E-state index is -4.49. The summed E-state index contributed by atoms with van der Waals surface area (Å²) >= 11 is 0. The number of anilines is 1. The Morgan fingerprint density at radius 3 is 2.30 bits per heavy atom. The number of ether oxygens (including phenoxy) is 1. The van der Waals surface area contributed by atoms with Crippen LogP contribution < -0.4 is 9.64 Å². The summed E-state index contributed by atoms with van der Waals surface area (Å²) in [7, 11) is -2.75. The number of halogens is 3. The molecule has 0 saturated carbocycles. The molecule has 2 aromatic rings. The van der Waals surface area contributed by atoms with Crippen molar-refractivity contribution in [2.45, 2.75) is 43.4 Å². The van der Waals surface area contributed by atoms with Crippen LogP contribution in [0.25, 0.3) is 0 Å². The number of carbonyl (C=O) groups is 1. The number of piperazine rings is 1. The number of benzene rings is 1. The van der Waals surface area contributed by atoms with Crippen molar-refractivity contribution in [2.75, 3.05) is 25.1 Å². The van der Waals surface area contributed by atoms with Crippen LogP contribution in [-0.4, -0.2) is 61.1 Å². The quantitative estimate of drug-likeness (QED) is 0.669. The van der Waals surface area contributed by atoms with Crippen LogP contribution in [0.5, 0.6) is 5.75 Å². The molecule has 0 aliphatic carbocycles. The van der Waals surface area contributed by atoms with E-state index in [9.17, 15) is 26.4 Å². The summed E-state index contributed by atoms with van der Waals surface area (Å²) < 4.78 is 72.1. The maximum Gasteiger partial charge on any atom is 0.417 e. The highest BCUT2D eigenvalue weighted by atomic mass is 32.2. The Morgan fingerprint density at radius 2 is 1.82 bits per heavy atom. The second kappa shape index (κ2) is 9.18. The van der Waals surface area contributed by atoms with Gasteiger partial charge in [0.25, 0.3) is 0 Å². The van der Waals surface area contributed by atoms with Crippen molar-refractivity contribution in [1.29, 1.82) is 0 Å². The Morgan fingerprint density at radius 1 is 1.18 bits per heavy atom. The van der Waals surface area contributed by atoms with Crippen LogP contribution in [0.1, 0.15) is 25.0 Å². The van der Waals surface area contributed by atoms with Crippen molar-refractivity contribution in [3.05, 3.63) is 47.7 Å². The Hall–Kier alpha value is -2.86. The summed E-state index contributed by atoms with van der Waals surface area (Å²) in [6.07, 6.45) is -4.08. The summed E-state index contributed by atoms with van der Waals surface area (Å²) in [5.74, 6) is -0.682. The molecule has 0 unspecified atom stereocenters. The largest absolute Gasteiger partial charge is 0.495 e. The van der Waals surface area contributed by atoms with Crippen molar-refractivity contribution in [1.82, 2.24) is 9.29 Å². The number of alkyl halides is 3. The molecular weight excluding hydrogens is 463 g/mol. The molecule has 0 amide bonds. The maximum absolute atomic E-state index is 13.6. The Kier molecular flexibility index (Phi) is 6.89. The van der Waals surface area contributed by atoms with E-state index in [2.05, 4.69) is 4.98 Å². The molecule has 1 fully saturated rings. The molecule has 1 N–H and O–H groups in total. The molecule has 3 rings (SSSR count). The van der Waals surface area contributed by atoms with Crippen LogP contribution in [0, 0.1) is 0 Å². The molecule has 2 atom stereocenters. The van der Waals surface area contributed by atoms with Gasteiger partial charge in [-0.05, 0) is 43.7 Å². The van der Waals surface area contributed by atoms with Crippen molar-refractivity contribution >= 4 is 21.8 Å². The first-order valence-electron chi connectivity index (χ1n) is 10.0. The van der Waals surface area contributed by atoms with Gasteiger partial charge in [0.15, 0.2) is 0 Å². The fraction of sp³-hybridized carbons (Fsp3) is 0.429. The number of methoxy groups -OCH3 is 1. The van der Waals surface area contributed by atoms with Crippen molar-refractivity contribution in [2.24, 2.45) is 0 Å². The predicted molar refractivity (Wildman–Crippen MR) is 114 cm³/mol. The number of carboxylic acid groups (broad SMARTS) is 1. The van der Waals surface area contributed by atoms with Gasteiger partial charge < -0.3 is 14.7 Å². The Bertz CT molecular complexity index is 1110. The summed E-state index contributed by atoms with van der Waals surface area (Å²) in [6, 6.07) is 5.33. The van der Waals surface area contributed by atoms with E-state index in [4.69, 9.17) is 9.84 Å². The van der Waals surface area contributed by atoms with E-state index in [1.165, 1.54) is 35.7 Å². The first kappa shape index (κ1) is 24.8. The van der Waals surface area contributed by atoms with E-state index in [0.29, 0.717) is 11.4 Å². The molecule has 0 bridgehead atoms. The third-order valence-electron chi connectivity index (χ3n) is 5.38. The molecule has 0 spiro atoms. The molecule has 2 heterocycles. The second-order valence-corrected chi connectivity index (χ2v) is 9.71. The van der Waals surface area contributed by atoms with Gasteiger partial charge in [-0.2, -0.15) is 17.5 Å². The standard InChI is InChI=1S/C21H24F3N3O5S/c1-13-11-26(19-7-5-16(10-25-19)21(22,23)24)12-14(2)27(13)33(30,31)18-8-15(9-20(28)29)4-6-17(18)32-3/h4-8,10,13-14H,9,11-12H2,1-3H3,(H,28,29)/t13-,14+. The fourth-order valence-electron chi connectivity index (χ4n) is 4.03. The smallest absolute Gasteiger partial charge is 0.417 e. The normalized spacial score (nSPS) is 20.0. The van der Waals surface area contributed by atoms with Crippen LogP contribution >= 0.6 is 0 Å². The van der Waals surface area contributed by atoms with E-state index in [-0.39, 0.29) is 30.2 Å². The second-order valence-electron chi connectivity index (χ2n) is 7.90. The molecule has 1 aliphatic heterocycles.